The van der Waals surface area contributed by atoms with Crippen LogP contribution in [0, 0.1) is 5.92 Å². The number of nitrogens with two attached hydrogens (primary N) is 1. The minimum Gasteiger partial charge on any atom is -0.481 e. The number of hydrogen-bond acceptors (Lipinski definition) is 3. The van der Waals surface area contributed by atoms with Gasteiger partial charge >= 0.3 is 5.97 Å². The normalized spacial score (nSPS) is 22.6. The van der Waals surface area contributed by atoms with Crippen LogP contribution in [-0.2, 0) is 4.79 Å². The molecule has 20 heavy (non-hydrogen) atoms. The molecule has 3 N–H and O–H groups in total. The molecule has 0 bridgehead atoms. The van der Waals surface area contributed by atoms with E-state index in [4.69, 9.17) is 22.4 Å². The van der Waals surface area contributed by atoms with Crippen molar-refractivity contribution < 1.29 is 14.7 Å². The van der Waals surface area contributed by atoms with E-state index in [0.717, 1.165) is 5.69 Å². The molecule has 0 saturated carbocycles. The number of carbonyl (C=O) groups is 2. The number of benzene rings is 1. The van der Waals surface area contributed by atoms with Crippen molar-refractivity contribution in [1.29, 1.82) is 0 Å². The molecule has 2 unspecified atom stereocenters. The lowest BCUT2D eigenvalue weighted by Gasteiger charge is -2.38. The average molecular weight is 297 g/mol. The first-order valence-corrected chi connectivity index (χ1v) is 6.86. The molecule has 1 saturated heterocycles. The van der Waals surface area contributed by atoms with Crippen molar-refractivity contribution in [3.8, 4) is 0 Å². The molecule has 1 amide bonds. The molecule has 1 aromatic carbocycles. The van der Waals surface area contributed by atoms with E-state index in [1.807, 2.05) is 6.92 Å². The largest absolute Gasteiger partial charge is 0.481 e. The van der Waals surface area contributed by atoms with Crippen LogP contribution in [0.3, 0.4) is 0 Å². The van der Waals surface area contributed by atoms with Crippen molar-refractivity contribution in [2.75, 3.05) is 11.4 Å². The third kappa shape index (κ3) is 2.88. The Morgan fingerprint density at radius 2 is 2.15 bits per heavy atom. The monoisotopic (exact) mass is 296 g/mol. The quantitative estimate of drug-likeness (QED) is 0.895. The number of carboxylic acid groups (broad SMARTS) is 1. The summed E-state index contributed by atoms with van der Waals surface area (Å²) >= 11 is 6.21. The summed E-state index contributed by atoms with van der Waals surface area (Å²) in [6.45, 7) is 2.61. The van der Waals surface area contributed by atoms with E-state index in [9.17, 15) is 9.59 Å². The van der Waals surface area contributed by atoms with Gasteiger partial charge in [-0.05, 0) is 38.0 Å². The zero-order chi connectivity index (χ0) is 14.9. The summed E-state index contributed by atoms with van der Waals surface area (Å²) in [7, 11) is 0. The van der Waals surface area contributed by atoms with Gasteiger partial charge in [0.2, 0.25) is 5.91 Å². The van der Waals surface area contributed by atoms with Gasteiger partial charge in [-0.2, -0.15) is 0 Å². The van der Waals surface area contributed by atoms with Gasteiger partial charge in [0.05, 0.1) is 16.6 Å². The molecule has 108 valence electrons. The zero-order valence-corrected chi connectivity index (χ0v) is 11.9. The van der Waals surface area contributed by atoms with E-state index in [1.165, 1.54) is 0 Å². The van der Waals surface area contributed by atoms with Gasteiger partial charge in [-0.15, -0.1) is 0 Å². The predicted octanol–water partition coefficient (Wildman–Crippen LogP) is 2.13. The smallest absolute Gasteiger partial charge is 0.306 e. The first kappa shape index (κ1) is 14.7. The first-order chi connectivity index (χ1) is 9.40. The van der Waals surface area contributed by atoms with Gasteiger partial charge in [0.25, 0.3) is 0 Å². The Balaban J connectivity index is 2.20. The summed E-state index contributed by atoms with van der Waals surface area (Å²) in [5.41, 5.74) is 6.39. The minimum atomic E-state index is -0.744. The van der Waals surface area contributed by atoms with Crippen LogP contribution in [0.15, 0.2) is 18.2 Å². The molecule has 1 aliphatic heterocycles. The standard InChI is InChI=1S/C14H17ClN2O3/c1-8-6-10(14(19)20)4-5-17(8)12-3-2-9(13(16)18)7-11(12)15/h2-3,7-8,10H,4-6H2,1H3,(H2,16,18)(H,19,20). The predicted molar refractivity (Wildman–Crippen MR) is 77.1 cm³/mol. The van der Waals surface area contributed by atoms with Gasteiger partial charge in [0.1, 0.15) is 0 Å². The van der Waals surface area contributed by atoms with Gasteiger partial charge in [0, 0.05) is 18.2 Å². The molecule has 2 atom stereocenters. The summed E-state index contributed by atoms with van der Waals surface area (Å²) < 4.78 is 0. The van der Waals surface area contributed by atoms with E-state index in [1.54, 1.807) is 18.2 Å². The Bertz CT molecular complexity index is 547. The van der Waals surface area contributed by atoms with Gasteiger partial charge in [0.15, 0.2) is 0 Å². The molecule has 1 aliphatic rings. The molecule has 2 rings (SSSR count). The number of hydrogen-bond donors (Lipinski definition) is 2. The van der Waals surface area contributed by atoms with E-state index in [0.29, 0.717) is 30.0 Å². The lowest BCUT2D eigenvalue weighted by molar-refractivity contribution is -0.142. The maximum atomic E-state index is 11.1. The SMILES string of the molecule is CC1CC(C(=O)O)CCN1c1ccc(C(N)=O)cc1Cl. The van der Waals surface area contributed by atoms with Gasteiger partial charge < -0.3 is 15.7 Å². The third-order valence-corrected chi connectivity index (χ3v) is 4.07. The molecule has 0 spiro atoms. The number of nitrogens with zero attached hydrogens (tertiary/aromatic N) is 1. The topological polar surface area (TPSA) is 83.6 Å². The maximum Gasteiger partial charge on any atom is 0.306 e. The zero-order valence-electron chi connectivity index (χ0n) is 11.2. The Morgan fingerprint density at radius 1 is 1.45 bits per heavy atom. The summed E-state index contributed by atoms with van der Waals surface area (Å²) in [5, 5.41) is 9.53. The third-order valence-electron chi connectivity index (χ3n) is 3.77. The highest BCUT2D eigenvalue weighted by molar-refractivity contribution is 6.33. The second-order valence-electron chi connectivity index (χ2n) is 5.13. The number of aliphatic carboxylic acids is 1. The lowest BCUT2D eigenvalue weighted by Crippen LogP contribution is -2.43. The molecule has 5 nitrogen and oxygen atoms in total. The van der Waals surface area contributed by atoms with Crippen molar-refractivity contribution in [3.05, 3.63) is 28.8 Å². The first-order valence-electron chi connectivity index (χ1n) is 6.49. The number of amides is 1. The number of carboxylic acids is 1. The molecule has 0 aliphatic carbocycles. The van der Waals surface area contributed by atoms with Crippen LogP contribution in [0.1, 0.15) is 30.1 Å². The number of rotatable bonds is 3. The van der Waals surface area contributed by atoms with Crippen LogP contribution < -0.4 is 10.6 Å². The van der Waals surface area contributed by atoms with Crippen molar-refractivity contribution in [1.82, 2.24) is 0 Å². The highest BCUT2D eigenvalue weighted by Gasteiger charge is 2.30. The van der Waals surface area contributed by atoms with E-state index < -0.39 is 11.9 Å². The van der Waals surface area contributed by atoms with Gasteiger partial charge in [-0.1, -0.05) is 11.6 Å². The van der Waals surface area contributed by atoms with E-state index >= 15 is 0 Å². The summed E-state index contributed by atoms with van der Waals surface area (Å²) in [6, 6.07) is 5.04. The number of halogens is 1. The van der Waals surface area contributed by atoms with Crippen LogP contribution in [0.5, 0.6) is 0 Å². The van der Waals surface area contributed by atoms with Crippen molar-refractivity contribution in [2.24, 2.45) is 11.7 Å². The van der Waals surface area contributed by atoms with Crippen LogP contribution in [-0.4, -0.2) is 29.6 Å². The molecule has 0 aromatic heterocycles. The molecular weight excluding hydrogens is 280 g/mol. The highest BCUT2D eigenvalue weighted by Crippen LogP contribution is 2.33. The van der Waals surface area contributed by atoms with E-state index in [-0.39, 0.29) is 12.0 Å². The van der Waals surface area contributed by atoms with Crippen molar-refractivity contribution in [2.45, 2.75) is 25.8 Å². The molecule has 1 fully saturated rings. The summed E-state index contributed by atoms with van der Waals surface area (Å²) in [5.74, 6) is -1.56. The Labute approximate surface area is 122 Å². The van der Waals surface area contributed by atoms with Gasteiger partial charge in [-0.25, -0.2) is 0 Å². The second kappa shape index (κ2) is 5.71. The maximum absolute atomic E-state index is 11.1. The number of anilines is 1. The Kier molecular flexibility index (Phi) is 4.18. The summed E-state index contributed by atoms with van der Waals surface area (Å²) in [6.07, 6.45) is 1.18. The Morgan fingerprint density at radius 3 is 2.65 bits per heavy atom. The summed E-state index contributed by atoms with van der Waals surface area (Å²) in [4.78, 5) is 24.2. The van der Waals surface area contributed by atoms with Crippen LogP contribution in [0.4, 0.5) is 5.69 Å². The Hall–Kier alpha value is -1.75. The fourth-order valence-electron chi connectivity index (χ4n) is 2.65. The fraction of sp³-hybridized carbons (Fsp3) is 0.429. The van der Waals surface area contributed by atoms with Crippen molar-refractivity contribution >= 4 is 29.2 Å². The number of primary amides is 1. The number of piperidine rings is 1. The van der Waals surface area contributed by atoms with Crippen LogP contribution in [0.2, 0.25) is 5.02 Å². The second-order valence-corrected chi connectivity index (χ2v) is 5.54. The van der Waals surface area contributed by atoms with Crippen LogP contribution in [0.25, 0.3) is 0 Å². The average Bonchev–Trinajstić information content (AvgIpc) is 2.38. The van der Waals surface area contributed by atoms with Gasteiger partial charge in [-0.3, -0.25) is 9.59 Å². The van der Waals surface area contributed by atoms with Crippen LogP contribution >= 0.6 is 11.6 Å². The van der Waals surface area contributed by atoms with Crippen molar-refractivity contribution in [3.63, 3.8) is 0 Å². The molecule has 1 aromatic rings. The minimum absolute atomic E-state index is 0.0850. The number of carbonyl (C=O) groups excluding carboxylic acids is 1. The fourth-order valence-corrected chi connectivity index (χ4v) is 2.94. The molecule has 6 heteroatoms. The highest BCUT2D eigenvalue weighted by atomic mass is 35.5. The molecule has 0 radical (unpaired) electrons. The molecular formula is C14H17ClN2O3. The molecule has 1 heterocycles. The lowest BCUT2D eigenvalue weighted by atomic mass is 9.91. The van der Waals surface area contributed by atoms with E-state index in [2.05, 4.69) is 4.90 Å².